The molecule has 0 aliphatic heterocycles. The molecule has 3 rings (SSSR count). The SMILES string of the molecule is C=C(CCCCCCOc1ccc(C(=O)Oc2ccc(-c3ccc(OC)cc3)cc2[N+](=O)[O-])cc1)C(=O)O. The van der Waals surface area contributed by atoms with Crippen LogP contribution in [0.5, 0.6) is 17.2 Å². The van der Waals surface area contributed by atoms with Gasteiger partial charge in [-0.25, -0.2) is 9.59 Å². The van der Waals surface area contributed by atoms with E-state index < -0.39 is 16.9 Å². The zero-order valence-corrected chi connectivity index (χ0v) is 21.1. The molecule has 0 fully saturated rings. The monoisotopic (exact) mass is 519 g/mol. The molecule has 0 aliphatic rings. The van der Waals surface area contributed by atoms with Crippen molar-refractivity contribution in [1.29, 1.82) is 0 Å². The Balaban J connectivity index is 1.53. The van der Waals surface area contributed by atoms with Gasteiger partial charge in [0.1, 0.15) is 11.5 Å². The van der Waals surface area contributed by atoms with E-state index in [4.69, 9.17) is 19.3 Å². The van der Waals surface area contributed by atoms with E-state index in [9.17, 15) is 19.7 Å². The highest BCUT2D eigenvalue weighted by molar-refractivity contribution is 5.92. The number of aliphatic carboxylic acids is 1. The third kappa shape index (κ3) is 7.92. The number of carbonyl (C=O) groups is 2. The molecule has 0 radical (unpaired) electrons. The molecule has 198 valence electrons. The lowest BCUT2D eigenvalue weighted by Crippen LogP contribution is -2.10. The molecule has 9 nitrogen and oxygen atoms in total. The number of carbonyl (C=O) groups excluding carboxylic acids is 1. The molecule has 0 aliphatic carbocycles. The number of unbranched alkanes of at least 4 members (excludes halogenated alkanes) is 3. The van der Waals surface area contributed by atoms with Crippen molar-refractivity contribution in [2.24, 2.45) is 0 Å². The van der Waals surface area contributed by atoms with Gasteiger partial charge in [-0.2, -0.15) is 0 Å². The average molecular weight is 520 g/mol. The smallest absolute Gasteiger partial charge is 0.343 e. The van der Waals surface area contributed by atoms with E-state index in [2.05, 4.69) is 6.58 Å². The second-order valence-electron chi connectivity index (χ2n) is 8.50. The summed E-state index contributed by atoms with van der Waals surface area (Å²) in [5.74, 6) is -0.580. The number of nitrogens with zero attached hydrogens (tertiary/aromatic N) is 1. The van der Waals surface area contributed by atoms with Crippen LogP contribution in [-0.2, 0) is 4.79 Å². The van der Waals surface area contributed by atoms with E-state index in [1.165, 1.54) is 24.3 Å². The van der Waals surface area contributed by atoms with Crippen molar-refractivity contribution in [3.63, 3.8) is 0 Å². The van der Waals surface area contributed by atoms with Crippen LogP contribution in [0.2, 0.25) is 0 Å². The number of carboxylic acid groups (broad SMARTS) is 1. The van der Waals surface area contributed by atoms with Crippen LogP contribution in [0, 0.1) is 10.1 Å². The fraction of sp³-hybridized carbons (Fsp3) is 0.241. The minimum atomic E-state index is -0.957. The molecular weight excluding hydrogens is 490 g/mol. The molecule has 0 amide bonds. The molecule has 38 heavy (non-hydrogen) atoms. The summed E-state index contributed by atoms with van der Waals surface area (Å²) in [6.07, 6.45) is 3.83. The molecule has 0 saturated carbocycles. The van der Waals surface area contributed by atoms with Crippen LogP contribution in [-0.4, -0.2) is 35.7 Å². The zero-order valence-electron chi connectivity index (χ0n) is 21.1. The molecular formula is C29H29NO8. The molecule has 0 bridgehead atoms. The lowest BCUT2D eigenvalue weighted by molar-refractivity contribution is -0.385. The number of methoxy groups -OCH3 is 1. The van der Waals surface area contributed by atoms with Crippen molar-refractivity contribution >= 4 is 17.6 Å². The molecule has 9 heteroatoms. The van der Waals surface area contributed by atoms with Gasteiger partial charge < -0.3 is 19.3 Å². The summed E-state index contributed by atoms with van der Waals surface area (Å²) in [5, 5.41) is 20.5. The van der Waals surface area contributed by atoms with E-state index in [1.807, 2.05) is 0 Å². The molecule has 3 aromatic carbocycles. The summed E-state index contributed by atoms with van der Waals surface area (Å²) in [7, 11) is 1.55. The Morgan fingerprint density at radius 3 is 2.16 bits per heavy atom. The Kier molecular flexibility index (Phi) is 9.99. The molecule has 0 saturated heterocycles. The highest BCUT2D eigenvalue weighted by atomic mass is 16.6. The van der Waals surface area contributed by atoms with Crippen LogP contribution in [0.15, 0.2) is 78.9 Å². The number of rotatable bonds is 14. The lowest BCUT2D eigenvalue weighted by Gasteiger charge is -2.09. The molecule has 0 heterocycles. The summed E-state index contributed by atoms with van der Waals surface area (Å²) in [5.41, 5.74) is 1.49. The van der Waals surface area contributed by atoms with E-state index >= 15 is 0 Å². The summed E-state index contributed by atoms with van der Waals surface area (Å²) < 4.78 is 16.2. The van der Waals surface area contributed by atoms with Crippen LogP contribution >= 0.6 is 0 Å². The molecule has 1 N–H and O–H groups in total. The van der Waals surface area contributed by atoms with Gasteiger partial charge in [-0.05, 0) is 72.9 Å². The minimum Gasteiger partial charge on any atom is -0.497 e. The quantitative estimate of drug-likeness (QED) is 0.0642. The highest BCUT2D eigenvalue weighted by Crippen LogP contribution is 2.33. The van der Waals surface area contributed by atoms with Crippen LogP contribution in [0.3, 0.4) is 0 Å². The standard InChI is InChI=1S/C29H29NO8/c1-20(28(31)32)7-5-3-4-6-18-37-25-15-10-22(11-16-25)29(33)38-27-17-12-23(19-26(27)30(34)35)21-8-13-24(36-2)14-9-21/h8-17,19H,1,3-7,18H2,2H3,(H,31,32). The normalized spacial score (nSPS) is 10.4. The maximum Gasteiger partial charge on any atom is 0.343 e. The van der Waals surface area contributed by atoms with Crippen molar-refractivity contribution in [3.8, 4) is 28.4 Å². The predicted octanol–water partition coefficient (Wildman–Crippen LogP) is 6.46. The van der Waals surface area contributed by atoms with E-state index in [-0.39, 0.29) is 22.6 Å². The first-order chi connectivity index (χ1) is 18.3. The fourth-order valence-electron chi connectivity index (χ4n) is 3.65. The number of nitro benzene ring substituents is 1. The van der Waals surface area contributed by atoms with E-state index in [1.54, 1.807) is 49.6 Å². The Hall–Kier alpha value is -4.66. The third-order valence-electron chi connectivity index (χ3n) is 5.82. The fourth-order valence-corrected chi connectivity index (χ4v) is 3.65. The van der Waals surface area contributed by atoms with Gasteiger partial charge in [0.2, 0.25) is 5.75 Å². The number of ether oxygens (including phenoxy) is 3. The van der Waals surface area contributed by atoms with Crippen LogP contribution in [0.1, 0.15) is 42.5 Å². The molecule has 0 spiro atoms. The topological polar surface area (TPSA) is 125 Å². The summed E-state index contributed by atoms with van der Waals surface area (Å²) in [4.78, 5) is 34.4. The summed E-state index contributed by atoms with van der Waals surface area (Å²) in [6, 6.07) is 17.8. The van der Waals surface area contributed by atoms with Crippen LogP contribution in [0.4, 0.5) is 5.69 Å². The van der Waals surface area contributed by atoms with Gasteiger partial charge in [0.15, 0.2) is 0 Å². The van der Waals surface area contributed by atoms with Crippen molar-refractivity contribution in [2.75, 3.05) is 13.7 Å². The predicted molar refractivity (Wildman–Crippen MR) is 142 cm³/mol. The maximum absolute atomic E-state index is 12.6. The molecule has 0 unspecified atom stereocenters. The number of hydrogen-bond acceptors (Lipinski definition) is 7. The summed E-state index contributed by atoms with van der Waals surface area (Å²) in [6.45, 7) is 3.99. The van der Waals surface area contributed by atoms with Crippen molar-refractivity contribution in [3.05, 3.63) is 94.6 Å². The van der Waals surface area contributed by atoms with Gasteiger partial charge in [-0.1, -0.05) is 37.6 Å². The van der Waals surface area contributed by atoms with E-state index in [0.717, 1.165) is 31.2 Å². The number of esters is 1. The van der Waals surface area contributed by atoms with Crippen molar-refractivity contribution in [2.45, 2.75) is 32.1 Å². The molecule has 3 aromatic rings. The molecule has 0 atom stereocenters. The maximum atomic E-state index is 12.6. The van der Waals surface area contributed by atoms with Crippen LogP contribution in [0.25, 0.3) is 11.1 Å². The Morgan fingerprint density at radius 1 is 0.895 bits per heavy atom. The molecule has 0 aromatic heterocycles. The van der Waals surface area contributed by atoms with Gasteiger partial charge in [-0.15, -0.1) is 0 Å². The van der Waals surface area contributed by atoms with Gasteiger partial charge in [-0.3, -0.25) is 10.1 Å². The first-order valence-electron chi connectivity index (χ1n) is 12.1. The van der Waals surface area contributed by atoms with Crippen LogP contribution < -0.4 is 14.2 Å². The van der Waals surface area contributed by atoms with Gasteiger partial charge in [0, 0.05) is 11.6 Å². The van der Waals surface area contributed by atoms with E-state index in [0.29, 0.717) is 30.1 Å². The highest BCUT2D eigenvalue weighted by Gasteiger charge is 2.20. The number of hydrogen-bond donors (Lipinski definition) is 1. The largest absolute Gasteiger partial charge is 0.497 e. The Labute approximate surface area is 220 Å². The third-order valence-corrected chi connectivity index (χ3v) is 5.82. The van der Waals surface area contributed by atoms with Crippen molar-refractivity contribution in [1.82, 2.24) is 0 Å². The summed E-state index contributed by atoms with van der Waals surface area (Å²) >= 11 is 0. The Bertz CT molecular complexity index is 1280. The number of carboxylic acids is 1. The second kappa shape index (κ2) is 13.6. The lowest BCUT2D eigenvalue weighted by atomic mass is 10.0. The first-order valence-corrected chi connectivity index (χ1v) is 12.1. The number of nitro groups is 1. The van der Waals surface area contributed by atoms with Gasteiger partial charge in [0.25, 0.3) is 0 Å². The number of benzene rings is 3. The second-order valence-corrected chi connectivity index (χ2v) is 8.50. The van der Waals surface area contributed by atoms with Gasteiger partial charge >= 0.3 is 17.6 Å². The minimum absolute atomic E-state index is 0.149. The Morgan fingerprint density at radius 2 is 1.53 bits per heavy atom. The zero-order chi connectivity index (χ0) is 27.5. The van der Waals surface area contributed by atoms with Gasteiger partial charge in [0.05, 0.1) is 24.2 Å². The average Bonchev–Trinajstić information content (AvgIpc) is 2.92. The van der Waals surface area contributed by atoms with Crippen molar-refractivity contribution < 1.29 is 33.8 Å². The first kappa shape index (κ1) is 27.9.